The Morgan fingerprint density at radius 3 is 2.58 bits per heavy atom. The summed E-state index contributed by atoms with van der Waals surface area (Å²) in [5.41, 5.74) is 3.58. The average Bonchev–Trinajstić information content (AvgIpc) is 3.12. The van der Waals surface area contributed by atoms with Gasteiger partial charge in [-0.3, -0.25) is 0 Å². The number of nitrogens with one attached hydrogen (secondary N) is 1. The first-order valence-corrected chi connectivity index (χ1v) is 7.10. The summed E-state index contributed by atoms with van der Waals surface area (Å²) in [5, 5.41) is 13.2. The molecule has 0 aromatic heterocycles. The first kappa shape index (κ1) is 14.4. The molecule has 1 aromatic carbocycles. The molecule has 19 heavy (non-hydrogen) atoms. The second-order valence-corrected chi connectivity index (χ2v) is 6.28. The number of hydrogen-bond acceptors (Lipinski definition) is 3. The molecule has 1 atom stereocenters. The van der Waals surface area contributed by atoms with Crippen molar-refractivity contribution in [2.75, 3.05) is 25.1 Å². The van der Waals surface area contributed by atoms with Crippen LogP contribution in [0.5, 0.6) is 0 Å². The molecule has 3 nitrogen and oxygen atoms in total. The Morgan fingerprint density at radius 2 is 2.05 bits per heavy atom. The van der Waals surface area contributed by atoms with E-state index in [1.807, 2.05) is 0 Å². The van der Waals surface area contributed by atoms with Gasteiger partial charge < -0.3 is 15.3 Å². The van der Waals surface area contributed by atoms with Crippen LogP contribution < -0.4 is 10.2 Å². The van der Waals surface area contributed by atoms with Gasteiger partial charge >= 0.3 is 0 Å². The van der Waals surface area contributed by atoms with Gasteiger partial charge in [0.25, 0.3) is 0 Å². The lowest BCUT2D eigenvalue weighted by Crippen LogP contribution is -2.54. The number of anilines is 1. The minimum Gasteiger partial charge on any atom is -0.394 e. The van der Waals surface area contributed by atoms with E-state index >= 15 is 0 Å². The van der Waals surface area contributed by atoms with E-state index in [-0.39, 0.29) is 12.1 Å². The number of aliphatic hydroxyl groups is 1. The summed E-state index contributed by atoms with van der Waals surface area (Å²) in [6.45, 7) is 7.33. The zero-order valence-corrected chi connectivity index (χ0v) is 12.5. The monoisotopic (exact) mass is 262 g/mol. The maximum Gasteiger partial charge on any atom is 0.0628 e. The maximum atomic E-state index is 9.68. The third-order valence-corrected chi connectivity index (χ3v) is 3.83. The lowest BCUT2D eigenvalue weighted by molar-refractivity contribution is 0.177. The standard InChI is InChI=1S/C16H26N2O/c1-12-5-8-15(13(2)9-12)18(4)10-16(3,11-19)17-14-6-7-14/h5,8-9,14,17,19H,6-7,10-11H2,1-4H3. The highest BCUT2D eigenvalue weighted by Gasteiger charge is 2.33. The zero-order valence-electron chi connectivity index (χ0n) is 12.5. The number of aryl methyl sites for hydroxylation is 2. The van der Waals surface area contributed by atoms with Crippen LogP contribution in [0.25, 0.3) is 0 Å². The molecule has 3 heteroatoms. The maximum absolute atomic E-state index is 9.68. The molecule has 0 saturated heterocycles. The van der Waals surface area contributed by atoms with Crippen LogP contribution in [-0.2, 0) is 0 Å². The average molecular weight is 262 g/mol. The largest absolute Gasteiger partial charge is 0.394 e. The van der Waals surface area contributed by atoms with Crippen LogP contribution in [0.4, 0.5) is 5.69 Å². The van der Waals surface area contributed by atoms with Crippen molar-refractivity contribution in [1.29, 1.82) is 0 Å². The highest BCUT2D eigenvalue weighted by atomic mass is 16.3. The number of nitrogens with zero attached hydrogens (tertiary/aromatic N) is 1. The van der Waals surface area contributed by atoms with E-state index in [0.717, 1.165) is 6.54 Å². The van der Waals surface area contributed by atoms with E-state index in [1.165, 1.54) is 29.7 Å². The zero-order chi connectivity index (χ0) is 14.0. The third-order valence-electron chi connectivity index (χ3n) is 3.83. The fraction of sp³-hybridized carbons (Fsp3) is 0.625. The molecule has 0 spiro atoms. The molecule has 1 aliphatic carbocycles. The Labute approximate surface area is 116 Å². The summed E-state index contributed by atoms with van der Waals surface area (Å²) in [6.07, 6.45) is 2.48. The van der Waals surface area contributed by atoms with Gasteiger partial charge in [0.15, 0.2) is 0 Å². The molecule has 1 fully saturated rings. The molecular weight excluding hydrogens is 236 g/mol. The third kappa shape index (κ3) is 3.71. The summed E-state index contributed by atoms with van der Waals surface area (Å²) in [4.78, 5) is 2.24. The molecule has 2 rings (SSSR count). The van der Waals surface area contributed by atoms with Crippen molar-refractivity contribution in [2.45, 2.75) is 45.2 Å². The molecule has 1 saturated carbocycles. The summed E-state index contributed by atoms with van der Waals surface area (Å²) < 4.78 is 0. The van der Waals surface area contributed by atoms with Gasteiger partial charge in [-0.25, -0.2) is 0 Å². The van der Waals surface area contributed by atoms with E-state index in [4.69, 9.17) is 0 Å². The van der Waals surface area contributed by atoms with Gasteiger partial charge in [0.05, 0.1) is 12.1 Å². The number of benzene rings is 1. The van der Waals surface area contributed by atoms with Gasteiger partial charge in [-0.05, 0) is 45.2 Å². The molecule has 1 aromatic rings. The molecule has 1 unspecified atom stereocenters. The van der Waals surface area contributed by atoms with Crippen molar-refractivity contribution in [3.8, 4) is 0 Å². The highest BCUT2D eigenvalue weighted by molar-refractivity contribution is 5.54. The van der Waals surface area contributed by atoms with Crippen molar-refractivity contribution in [1.82, 2.24) is 5.32 Å². The van der Waals surface area contributed by atoms with Crippen LogP contribution in [0, 0.1) is 13.8 Å². The van der Waals surface area contributed by atoms with Crippen LogP contribution in [-0.4, -0.2) is 36.9 Å². The van der Waals surface area contributed by atoms with Crippen LogP contribution >= 0.6 is 0 Å². The second-order valence-electron chi connectivity index (χ2n) is 6.28. The number of aliphatic hydroxyl groups excluding tert-OH is 1. The van der Waals surface area contributed by atoms with E-state index in [0.29, 0.717) is 6.04 Å². The summed E-state index contributed by atoms with van der Waals surface area (Å²) >= 11 is 0. The molecule has 0 radical (unpaired) electrons. The van der Waals surface area contributed by atoms with Gasteiger partial charge in [0.2, 0.25) is 0 Å². The first-order chi connectivity index (χ1) is 8.93. The minimum absolute atomic E-state index is 0.165. The predicted octanol–water partition coefficient (Wildman–Crippen LogP) is 2.24. The lowest BCUT2D eigenvalue weighted by Gasteiger charge is -2.35. The molecule has 2 N–H and O–H groups in total. The van der Waals surface area contributed by atoms with E-state index < -0.39 is 0 Å². The smallest absolute Gasteiger partial charge is 0.0628 e. The van der Waals surface area contributed by atoms with Crippen LogP contribution in [0.2, 0.25) is 0 Å². The second kappa shape index (κ2) is 5.51. The van der Waals surface area contributed by atoms with Gasteiger partial charge in [0.1, 0.15) is 0 Å². The minimum atomic E-state index is -0.229. The number of hydrogen-bond donors (Lipinski definition) is 2. The van der Waals surface area contributed by atoms with Crippen molar-refractivity contribution in [2.24, 2.45) is 0 Å². The van der Waals surface area contributed by atoms with Crippen molar-refractivity contribution < 1.29 is 5.11 Å². The lowest BCUT2D eigenvalue weighted by atomic mass is 10.0. The van der Waals surface area contributed by atoms with Crippen LogP contribution in [0.3, 0.4) is 0 Å². The molecule has 0 aliphatic heterocycles. The number of rotatable bonds is 6. The Kier molecular flexibility index (Phi) is 4.16. The molecule has 0 amide bonds. The molecule has 0 heterocycles. The predicted molar refractivity (Wildman–Crippen MR) is 80.8 cm³/mol. The summed E-state index contributed by atoms with van der Waals surface area (Å²) in [7, 11) is 2.10. The quantitative estimate of drug-likeness (QED) is 0.825. The van der Waals surface area contributed by atoms with E-state index in [1.54, 1.807) is 0 Å². The van der Waals surface area contributed by atoms with Gasteiger partial charge in [-0.15, -0.1) is 0 Å². The van der Waals surface area contributed by atoms with Crippen molar-refractivity contribution >= 4 is 5.69 Å². The first-order valence-electron chi connectivity index (χ1n) is 7.10. The Balaban J connectivity index is 2.07. The van der Waals surface area contributed by atoms with Gasteiger partial charge in [-0.1, -0.05) is 17.7 Å². The number of likely N-dealkylation sites (N-methyl/N-ethyl adjacent to an activating group) is 1. The topological polar surface area (TPSA) is 35.5 Å². The van der Waals surface area contributed by atoms with E-state index in [9.17, 15) is 5.11 Å². The fourth-order valence-corrected chi connectivity index (χ4v) is 2.70. The Hall–Kier alpha value is -1.06. The molecule has 106 valence electrons. The van der Waals surface area contributed by atoms with Gasteiger partial charge in [0, 0.05) is 25.3 Å². The van der Waals surface area contributed by atoms with Crippen LogP contribution in [0.15, 0.2) is 18.2 Å². The summed E-state index contributed by atoms with van der Waals surface area (Å²) in [6, 6.07) is 7.11. The Morgan fingerprint density at radius 1 is 1.37 bits per heavy atom. The molecule has 0 bridgehead atoms. The van der Waals surface area contributed by atoms with Crippen molar-refractivity contribution in [3.05, 3.63) is 29.3 Å². The normalized spacial score (nSPS) is 18.2. The fourth-order valence-electron chi connectivity index (χ4n) is 2.70. The van der Waals surface area contributed by atoms with Crippen LogP contribution in [0.1, 0.15) is 30.9 Å². The van der Waals surface area contributed by atoms with E-state index in [2.05, 4.69) is 56.2 Å². The molecular formula is C16H26N2O. The van der Waals surface area contributed by atoms with Gasteiger partial charge in [-0.2, -0.15) is 0 Å². The SMILES string of the molecule is Cc1ccc(N(C)CC(C)(CO)NC2CC2)c(C)c1. The Bertz CT molecular complexity index is 442. The highest BCUT2D eigenvalue weighted by Crippen LogP contribution is 2.25. The summed E-state index contributed by atoms with van der Waals surface area (Å²) in [5.74, 6) is 0. The molecule has 1 aliphatic rings. The van der Waals surface area contributed by atoms with Crippen molar-refractivity contribution in [3.63, 3.8) is 0 Å².